The number of carbonyl (C=O) groups is 1. The van der Waals surface area contributed by atoms with Crippen molar-refractivity contribution >= 4 is 22.4 Å². The summed E-state index contributed by atoms with van der Waals surface area (Å²) in [5, 5.41) is 18.9. The van der Waals surface area contributed by atoms with Crippen LogP contribution in [0.1, 0.15) is 50.1 Å². The molecule has 6 atom stereocenters. The molecule has 3 N–H and O–H groups in total. The van der Waals surface area contributed by atoms with E-state index in [1.54, 1.807) is 11.3 Å². The number of aliphatic hydroxyl groups excluding tert-OH is 1. The first-order valence-electron chi connectivity index (χ1n) is 12.4. The minimum Gasteiger partial charge on any atom is -0.392 e. The van der Waals surface area contributed by atoms with Crippen molar-refractivity contribution < 1.29 is 14.6 Å². The maximum atomic E-state index is 13.0. The molecule has 1 aromatic rings. The van der Waals surface area contributed by atoms with Gasteiger partial charge in [0, 0.05) is 49.4 Å². The minimum atomic E-state index is -0.502. The maximum absolute atomic E-state index is 13.0. The monoisotopic (exact) mass is 476 g/mol. The predicted molar refractivity (Wildman–Crippen MR) is 133 cm³/mol. The number of morpholine rings is 1. The van der Waals surface area contributed by atoms with Gasteiger partial charge >= 0.3 is 0 Å². The molecule has 2 aliphatic carbocycles. The normalized spacial score (nSPS) is 33.0. The summed E-state index contributed by atoms with van der Waals surface area (Å²) in [5.41, 5.74) is 1.16. The maximum Gasteiger partial charge on any atom is 0.223 e. The third-order valence-corrected chi connectivity index (χ3v) is 9.24. The number of nitrogens with one attached hydrogen (secondary N) is 2. The molecule has 1 aliphatic heterocycles. The molecule has 0 spiro atoms. The Balaban J connectivity index is 1.39. The number of aromatic nitrogens is 1. The molecule has 1 saturated carbocycles. The van der Waals surface area contributed by atoms with Crippen LogP contribution in [0.15, 0.2) is 12.7 Å². The van der Waals surface area contributed by atoms with E-state index in [0.29, 0.717) is 13.1 Å². The molecule has 0 aromatic carbocycles. The van der Waals surface area contributed by atoms with E-state index in [-0.39, 0.29) is 35.0 Å². The van der Waals surface area contributed by atoms with Gasteiger partial charge in [-0.15, -0.1) is 17.9 Å². The van der Waals surface area contributed by atoms with Crippen LogP contribution in [0.2, 0.25) is 0 Å². The second kappa shape index (κ2) is 10.4. The number of thiazole rings is 1. The lowest BCUT2D eigenvalue weighted by Crippen LogP contribution is -2.53. The van der Waals surface area contributed by atoms with Gasteiger partial charge in [0.2, 0.25) is 5.91 Å². The fourth-order valence-corrected chi connectivity index (χ4v) is 7.57. The quantitative estimate of drug-likeness (QED) is 0.500. The zero-order valence-corrected chi connectivity index (χ0v) is 21.1. The summed E-state index contributed by atoms with van der Waals surface area (Å²) in [6.07, 6.45) is 4.20. The highest BCUT2D eigenvalue weighted by atomic mass is 32.1. The summed E-state index contributed by atoms with van der Waals surface area (Å²) in [4.78, 5) is 21.5. The van der Waals surface area contributed by atoms with Crippen LogP contribution in [0.5, 0.6) is 0 Å². The van der Waals surface area contributed by atoms with Gasteiger partial charge in [0.25, 0.3) is 0 Å². The van der Waals surface area contributed by atoms with Crippen molar-refractivity contribution in [2.24, 2.45) is 23.2 Å². The molecule has 184 valence electrons. The van der Waals surface area contributed by atoms with Crippen molar-refractivity contribution in [3.63, 3.8) is 0 Å². The van der Waals surface area contributed by atoms with Gasteiger partial charge in [-0.1, -0.05) is 26.8 Å². The van der Waals surface area contributed by atoms with Crippen LogP contribution in [0.3, 0.4) is 0 Å². The molecule has 0 radical (unpaired) electrons. The highest BCUT2D eigenvalue weighted by Crippen LogP contribution is 2.57. The number of ether oxygens (including phenoxy) is 1. The van der Waals surface area contributed by atoms with E-state index in [2.05, 4.69) is 36.0 Å². The second-order valence-corrected chi connectivity index (χ2v) is 11.5. The molecule has 1 amide bonds. The number of aliphatic hydroxyl groups is 1. The molecule has 2 fully saturated rings. The highest BCUT2D eigenvalue weighted by Gasteiger charge is 2.53. The average molecular weight is 477 g/mol. The smallest absolute Gasteiger partial charge is 0.223 e. The Morgan fingerprint density at radius 2 is 2.21 bits per heavy atom. The van der Waals surface area contributed by atoms with Crippen LogP contribution in [0, 0.1) is 23.2 Å². The summed E-state index contributed by atoms with van der Waals surface area (Å²) in [7, 11) is 0. The molecule has 8 heteroatoms. The summed E-state index contributed by atoms with van der Waals surface area (Å²) in [5.74, 6) is 0.116. The van der Waals surface area contributed by atoms with E-state index in [1.807, 2.05) is 13.0 Å². The van der Waals surface area contributed by atoms with Gasteiger partial charge in [0.05, 0.1) is 25.0 Å². The molecule has 3 aliphatic rings. The van der Waals surface area contributed by atoms with Gasteiger partial charge in [-0.2, -0.15) is 0 Å². The molecule has 7 nitrogen and oxygen atoms in total. The van der Waals surface area contributed by atoms with E-state index in [4.69, 9.17) is 9.72 Å². The van der Waals surface area contributed by atoms with Crippen LogP contribution in [-0.2, 0) is 16.0 Å². The number of fused-ring (bicyclic) bond motifs is 2. The molecule has 0 unspecified atom stereocenters. The lowest BCUT2D eigenvalue weighted by Gasteiger charge is -2.53. The zero-order chi connectivity index (χ0) is 23.6. The SMILES string of the molecule is C=CCNc1nc2c(s1)C[C@]1(C)CC[C@@H]([C@H](C)C(=O)NCCN3CCOCC3)[C@H](O)[C@H]1[C@@H]2C. The molecule has 2 heterocycles. The third kappa shape index (κ3) is 5.14. The number of amides is 1. The van der Waals surface area contributed by atoms with Crippen LogP contribution in [-0.4, -0.2) is 72.9 Å². The Morgan fingerprint density at radius 1 is 1.45 bits per heavy atom. The van der Waals surface area contributed by atoms with E-state index >= 15 is 0 Å². The first-order valence-corrected chi connectivity index (χ1v) is 13.3. The van der Waals surface area contributed by atoms with Crippen LogP contribution in [0.25, 0.3) is 0 Å². The van der Waals surface area contributed by atoms with Crippen molar-refractivity contribution in [3.05, 3.63) is 23.2 Å². The Bertz CT molecular complexity index is 840. The lowest BCUT2D eigenvalue weighted by molar-refractivity contribution is -0.134. The average Bonchev–Trinajstić information content (AvgIpc) is 3.20. The minimum absolute atomic E-state index is 0.0209. The summed E-state index contributed by atoms with van der Waals surface area (Å²) in [6.45, 7) is 15.9. The Labute approximate surface area is 202 Å². The van der Waals surface area contributed by atoms with Crippen LogP contribution >= 0.6 is 11.3 Å². The molecular formula is C25H40N4O3S. The van der Waals surface area contributed by atoms with Gasteiger partial charge < -0.3 is 20.5 Å². The number of nitrogens with zero attached hydrogens (tertiary/aromatic N) is 2. The van der Waals surface area contributed by atoms with Gasteiger partial charge in [-0.3, -0.25) is 9.69 Å². The van der Waals surface area contributed by atoms with Crippen LogP contribution in [0.4, 0.5) is 5.13 Å². The summed E-state index contributed by atoms with van der Waals surface area (Å²) < 4.78 is 5.39. The molecule has 1 saturated heterocycles. The number of hydrogen-bond donors (Lipinski definition) is 3. The van der Waals surface area contributed by atoms with E-state index in [0.717, 1.165) is 62.9 Å². The summed E-state index contributed by atoms with van der Waals surface area (Å²) >= 11 is 1.74. The Kier molecular flexibility index (Phi) is 7.78. The van der Waals surface area contributed by atoms with Crippen molar-refractivity contribution in [1.29, 1.82) is 0 Å². The molecule has 0 bridgehead atoms. The number of carbonyl (C=O) groups excluding carboxylic acids is 1. The standard InChI is InChI=1S/C25H40N4O3S/c1-5-8-27-24-28-21-17(3)20-22(30)18(6-7-25(20,4)15-19(21)33-24)16(2)23(31)26-9-10-29-11-13-32-14-12-29/h5,16-18,20,22,30H,1,6-15H2,2-4H3,(H,26,31)(H,27,28)/t16-,17-,18-,20+,22-,25-/m0/s1. The second-order valence-electron chi connectivity index (χ2n) is 10.4. The van der Waals surface area contributed by atoms with E-state index in [9.17, 15) is 9.90 Å². The number of hydrogen-bond acceptors (Lipinski definition) is 7. The molecule has 4 rings (SSSR count). The number of anilines is 1. The fraction of sp³-hybridized carbons (Fsp3) is 0.760. The zero-order valence-electron chi connectivity index (χ0n) is 20.3. The van der Waals surface area contributed by atoms with Crippen molar-refractivity contribution in [2.45, 2.75) is 52.1 Å². The van der Waals surface area contributed by atoms with Crippen LogP contribution < -0.4 is 10.6 Å². The first-order chi connectivity index (χ1) is 15.8. The fourth-order valence-electron chi connectivity index (χ4n) is 6.30. The van der Waals surface area contributed by atoms with Gasteiger partial charge in [-0.05, 0) is 36.5 Å². The molecule has 33 heavy (non-hydrogen) atoms. The Morgan fingerprint density at radius 3 is 2.94 bits per heavy atom. The van der Waals surface area contributed by atoms with Crippen molar-refractivity contribution in [1.82, 2.24) is 15.2 Å². The van der Waals surface area contributed by atoms with Crippen molar-refractivity contribution in [3.8, 4) is 0 Å². The van der Waals surface area contributed by atoms with Gasteiger partial charge in [-0.25, -0.2) is 4.98 Å². The van der Waals surface area contributed by atoms with E-state index in [1.165, 1.54) is 4.88 Å². The predicted octanol–water partition coefficient (Wildman–Crippen LogP) is 2.88. The van der Waals surface area contributed by atoms with E-state index < -0.39 is 6.10 Å². The van der Waals surface area contributed by atoms with Crippen molar-refractivity contribution in [2.75, 3.05) is 51.3 Å². The largest absolute Gasteiger partial charge is 0.392 e. The molecular weight excluding hydrogens is 436 g/mol. The Hall–Kier alpha value is -1.48. The lowest BCUT2D eigenvalue weighted by atomic mass is 9.53. The van der Waals surface area contributed by atoms with Gasteiger partial charge in [0.15, 0.2) is 5.13 Å². The first kappa shape index (κ1) is 24.6. The number of rotatable bonds is 8. The topological polar surface area (TPSA) is 86.7 Å². The third-order valence-electron chi connectivity index (χ3n) is 8.21. The highest BCUT2D eigenvalue weighted by molar-refractivity contribution is 7.15. The molecule has 1 aromatic heterocycles. The van der Waals surface area contributed by atoms with Gasteiger partial charge in [0.1, 0.15) is 0 Å². The summed E-state index contributed by atoms with van der Waals surface area (Å²) in [6, 6.07) is 0.